The maximum atomic E-state index is 5.30. The Labute approximate surface area is 76.7 Å². The lowest BCUT2D eigenvalue weighted by atomic mass is 10.2. The molecule has 2 rings (SSSR count). The number of benzene rings is 1. The van der Waals surface area contributed by atoms with Crippen molar-refractivity contribution in [2.75, 3.05) is 13.2 Å². The van der Waals surface area contributed by atoms with Crippen molar-refractivity contribution in [1.82, 2.24) is 0 Å². The molecule has 0 atom stereocenters. The molecule has 0 spiro atoms. The minimum atomic E-state index is 0.706. The summed E-state index contributed by atoms with van der Waals surface area (Å²) in [6, 6.07) is 7.80. The highest BCUT2D eigenvalue weighted by Crippen LogP contribution is 2.11. The van der Waals surface area contributed by atoms with Crippen LogP contribution in [-0.4, -0.2) is 19.0 Å². The fraction of sp³-hybridized carbons (Fsp3) is 0.222. The van der Waals surface area contributed by atoms with Crippen molar-refractivity contribution < 1.29 is 4.74 Å². The highest BCUT2D eigenvalue weighted by molar-refractivity contribution is 7.80. The molecule has 0 saturated heterocycles. The van der Waals surface area contributed by atoms with E-state index in [-0.39, 0.29) is 0 Å². The number of thiol groups is 1. The highest BCUT2D eigenvalue weighted by Gasteiger charge is 2.08. The summed E-state index contributed by atoms with van der Waals surface area (Å²) in [5.74, 6) is 0.753. The number of hydrogen-bond donors (Lipinski definition) is 1. The molecule has 0 saturated carbocycles. The third-order valence-electron chi connectivity index (χ3n) is 1.70. The minimum absolute atomic E-state index is 0.706. The zero-order valence-corrected chi connectivity index (χ0v) is 7.42. The van der Waals surface area contributed by atoms with Crippen LogP contribution >= 0.6 is 12.6 Å². The Bertz CT molecular complexity index is 305. The monoisotopic (exact) mass is 179 g/mol. The number of ether oxygens (including phenoxy) is 1. The third kappa shape index (κ3) is 1.46. The Morgan fingerprint density at radius 1 is 1.25 bits per heavy atom. The minimum Gasteiger partial charge on any atom is -0.476 e. The number of rotatable bonds is 1. The average molecular weight is 179 g/mol. The molecule has 0 bridgehead atoms. The molecule has 0 aliphatic carbocycles. The Balaban J connectivity index is 2.28. The quantitative estimate of drug-likeness (QED) is 0.652. The molecular weight excluding hydrogens is 170 g/mol. The maximum Gasteiger partial charge on any atom is 0.216 e. The van der Waals surface area contributed by atoms with Gasteiger partial charge in [0.1, 0.15) is 6.61 Å². The number of aliphatic imine (C=N–C) groups is 1. The van der Waals surface area contributed by atoms with E-state index in [0.717, 1.165) is 22.9 Å². The molecular formula is C9H9NOS. The zero-order valence-electron chi connectivity index (χ0n) is 6.53. The van der Waals surface area contributed by atoms with E-state index in [4.69, 9.17) is 4.74 Å². The summed E-state index contributed by atoms with van der Waals surface area (Å²) in [5.41, 5.74) is 1.03. The molecule has 1 aromatic rings. The Morgan fingerprint density at radius 3 is 2.58 bits per heavy atom. The second-order valence-electron chi connectivity index (χ2n) is 2.58. The smallest absolute Gasteiger partial charge is 0.216 e. The predicted molar refractivity (Wildman–Crippen MR) is 51.1 cm³/mol. The third-order valence-corrected chi connectivity index (χ3v) is 2.00. The van der Waals surface area contributed by atoms with Gasteiger partial charge in [0, 0.05) is 10.5 Å². The molecule has 1 aliphatic heterocycles. The fourth-order valence-corrected chi connectivity index (χ4v) is 1.26. The summed E-state index contributed by atoms with van der Waals surface area (Å²) in [7, 11) is 0. The Hall–Kier alpha value is -0.960. The zero-order chi connectivity index (χ0) is 8.39. The summed E-state index contributed by atoms with van der Waals surface area (Å²) in [6.07, 6.45) is 0. The Kier molecular flexibility index (Phi) is 2.04. The molecule has 2 nitrogen and oxygen atoms in total. The predicted octanol–water partition coefficient (Wildman–Crippen LogP) is 1.75. The van der Waals surface area contributed by atoms with E-state index < -0.39 is 0 Å². The van der Waals surface area contributed by atoms with Gasteiger partial charge in [-0.3, -0.25) is 0 Å². The van der Waals surface area contributed by atoms with Crippen molar-refractivity contribution in [3.05, 3.63) is 29.8 Å². The highest BCUT2D eigenvalue weighted by atomic mass is 32.1. The van der Waals surface area contributed by atoms with Crippen LogP contribution in [0.2, 0.25) is 0 Å². The van der Waals surface area contributed by atoms with Crippen molar-refractivity contribution in [3.8, 4) is 0 Å². The van der Waals surface area contributed by atoms with Crippen LogP contribution in [0.15, 0.2) is 34.2 Å². The van der Waals surface area contributed by atoms with Gasteiger partial charge in [-0.25, -0.2) is 4.99 Å². The fourth-order valence-electron chi connectivity index (χ4n) is 1.11. The summed E-state index contributed by atoms with van der Waals surface area (Å²) >= 11 is 4.19. The van der Waals surface area contributed by atoms with Crippen molar-refractivity contribution in [3.63, 3.8) is 0 Å². The van der Waals surface area contributed by atoms with Crippen molar-refractivity contribution in [2.24, 2.45) is 4.99 Å². The Morgan fingerprint density at radius 2 is 2.00 bits per heavy atom. The molecule has 3 heteroatoms. The van der Waals surface area contributed by atoms with Gasteiger partial charge < -0.3 is 4.74 Å². The molecule has 1 heterocycles. The summed E-state index contributed by atoms with van der Waals surface area (Å²) < 4.78 is 5.30. The van der Waals surface area contributed by atoms with Gasteiger partial charge in [0.25, 0.3) is 0 Å². The van der Waals surface area contributed by atoms with E-state index in [1.807, 2.05) is 24.3 Å². The van der Waals surface area contributed by atoms with E-state index >= 15 is 0 Å². The van der Waals surface area contributed by atoms with Gasteiger partial charge in [-0.05, 0) is 24.3 Å². The molecule has 1 aromatic carbocycles. The lowest BCUT2D eigenvalue weighted by Crippen LogP contribution is -2.00. The van der Waals surface area contributed by atoms with Crippen molar-refractivity contribution in [1.29, 1.82) is 0 Å². The van der Waals surface area contributed by atoms with Crippen LogP contribution in [0.5, 0.6) is 0 Å². The molecule has 0 amide bonds. The van der Waals surface area contributed by atoms with Crippen LogP contribution in [0.1, 0.15) is 5.56 Å². The van der Waals surface area contributed by atoms with Gasteiger partial charge in [0.15, 0.2) is 0 Å². The molecule has 0 N–H and O–H groups in total. The molecule has 62 valence electrons. The van der Waals surface area contributed by atoms with Gasteiger partial charge in [-0.1, -0.05) is 0 Å². The molecule has 1 aliphatic rings. The summed E-state index contributed by atoms with van der Waals surface area (Å²) in [4.78, 5) is 5.16. The maximum absolute atomic E-state index is 5.30. The van der Waals surface area contributed by atoms with Crippen LogP contribution in [-0.2, 0) is 4.74 Å². The molecule has 0 fully saturated rings. The first-order valence-corrected chi connectivity index (χ1v) is 4.27. The van der Waals surface area contributed by atoms with Crippen LogP contribution in [0.3, 0.4) is 0 Å². The summed E-state index contributed by atoms with van der Waals surface area (Å²) in [5, 5.41) is 0. The molecule has 12 heavy (non-hydrogen) atoms. The van der Waals surface area contributed by atoms with Gasteiger partial charge in [0.05, 0.1) is 6.54 Å². The van der Waals surface area contributed by atoms with Gasteiger partial charge in [-0.15, -0.1) is 12.6 Å². The van der Waals surface area contributed by atoms with Gasteiger partial charge in [-0.2, -0.15) is 0 Å². The van der Waals surface area contributed by atoms with E-state index in [9.17, 15) is 0 Å². The van der Waals surface area contributed by atoms with Crippen LogP contribution in [0.4, 0.5) is 0 Å². The van der Waals surface area contributed by atoms with Crippen LogP contribution < -0.4 is 0 Å². The van der Waals surface area contributed by atoms with Gasteiger partial charge >= 0.3 is 0 Å². The second-order valence-corrected chi connectivity index (χ2v) is 3.10. The van der Waals surface area contributed by atoms with E-state index in [0.29, 0.717) is 6.61 Å². The second kappa shape index (κ2) is 3.19. The van der Waals surface area contributed by atoms with E-state index in [2.05, 4.69) is 17.6 Å². The first kappa shape index (κ1) is 7.68. The first-order valence-electron chi connectivity index (χ1n) is 3.83. The van der Waals surface area contributed by atoms with Crippen molar-refractivity contribution in [2.45, 2.75) is 4.90 Å². The van der Waals surface area contributed by atoms with E-state index in [1.54, 1.807) is 0 Å². The molecule has 0 radical (unpaired) electrons. The largest absolute Gasteiger partial charge is 0.476 e. The molecule has 0 aromatic heterocycles. The topological polar surface area (TPSA) is 21.6 Å². The lowest BCUT2D eigenvalue weighted by molar-refractivity contribution is 0.348. The average Bonchev–Trinajstić information content (AvgIpc) is 2.58. The van der Waals surface area contributed by atoms with E-state index in [1.165, 1.54) is 0 Å². The lowest BCUT2D eigenvalue weighted by Gasteiger charge is -2.00. The standard InChI is InChI=1S/C9H9NOS/c12-8-3-1-7(2-4-8)9-10-5-6-11-9/h1-4,12H,5-6H2. The normalized spacial score (nSPS) is 15.6. The van der Waals surface area contributed by atoms with Crippen LogP contribution in [0.25, 0.3) is 0 Å². The SMILES string of the molecule is Sc1ccc(C2=NCCO2)cc1. The van der Waals surface area contributed by atoms with Crippen LogP contribution in [0, 0.1) is 0 Å². The van der Waals surface area contributed by atoms with Crippen molar-refractivity contribution >= 4 is 18.5 Å². The molecule has 0 unspecified atom stereocenters. The number of nitrogens with zero attached hydrogens (tertiary/aromatic N) is 1. The number of hydrogen-bond acceptors (Lipinski definition) is 3. The first-order chi connectivity index (χ1) is 5.86. The summed E-state index contributed by atoms with van der Waals surface area (Å²) in [6.45, 7) is 1.48. The van der Waals surface area contributed by atoms with Gasteiger partial charge in [0.2, 0.25) is 5.90 Å².